The van der Waals surface area contributed by atoms with E-state index in [0.29, 0.717) is 10.3 Å². The minimum absolute atomic E-state index is 0.277. The summed E-state index contributed by atoms with van der Waals surface area (Å²) in [5, 5.41) is 2.27. The van der Waals surface area contributed by atoms with E-state index >= 15 is 0 Å². The molecule has 21 heavy (non-hydrogen) atoms. The zero-order valence-corrected chi connectivity index (χ0v) is 12.7. The molecule has 0 atom stereocenters. The molecule has 0 N–H and O–H groups in total. The second-order valence-electron chi connectivity index (χ2n) is 5.60. The second-order valence-corrected chi connectivity index (χ2v) is 6.51. The quantitative estimate of drug-likeness (QED) is 0.842. The van der Waals surface area contributed by atoms with E-state index in [1.54, 1.807) is 38.3 Å². The van der Waals surface area contributed by atoms with Crippen LogP contribution in [-0.2, 0) is 4.79 Å². The third kappa shape index (κ3) is 2.95. The number of nitrogens with zero attached hydrogens (tertiary/aromatic N) is 1. The molecule has 0 saturated carbocycles. The molecule has 2 amide bonds. The van der Waals surface area contributed by atoms with Gasteiger partial charge in [0.15, 0.2) is 0 Å². The Bertz CT molecular complexity index is 688. The molecule has 112 valence electrons. The van der Waals surface area contributed by atoms with Crippen molar-refractivity contribution in [2.24, 2.45) is 0 Å². The number of alkyl halides is 2. The van der Waals surface area contributed by atoms with E-state index in [-0.39, 0.29) is 5.56 Å². The van der Waals surface area contributed by atoms with Crippen LogP contribution in [0.1, 0.15) is 31.1 Å². The van der Waals surface area contributed by atoms with Gasteiger partial charge in [0.2, 0.25) is 0 Å². The van der Waals surface area contributed by atoms with Crippen LogP contribution in [0.5, 0.6) is 0 Å². The van der Waals surface area contributed by atoms with E-state index in [0.717, 1.165) is 4.70 Å². The first-order valence-electron chi connectivity index (χ1n) is 6.36. The first kappa shape index (κ1) is 15.6. The molecule has 1 aromatic carbocycles. The van der Waals surface area contributed by atoms with Gasteiger partial charge in [-0.3, -0.25) is 14.5 Å². The van der Waals surface area contributed by atoms with Crippen molar-refractivity contribution in [1.29, 1.82) is 0 Å². The number of benzene rings is 1. The van der Waals surface area contributed by atoms with E-state index in [4.69, 9.17) is 0 Å². The molecular weight excluding hydrogens is 296 g/mol. The minimum atomic E-state index is -3.21. The van der Waals surface area contributed by atoms with Gasteiger partial charge in [0, 0.05) is 21.0 Å². The van der Waals surface area contributed by atoms with Crippen LogP contribution in [0.3, 0.4) is 0 Å². The van der Waals surface area contributed by atoms with Crippen molar-refractivity contribution >= 4 is 33.2 Å². The molecule has 0 spiro atoms. The monoisotopic (exact) mass is 311 g/mol. The van der Waals surface area contributed by atoms with E-state index in [2.05, 4.69) is 0 Å². The number of carbonyl (C=O) groups is 2. The van der Waals surface area contributed by atoms with Gasteiger partial charge in [0.05, 0.1) is 5.56 Å². The fourth-order valence-corrected chi connectivity index (χ4v) is 3.03. The standard InChI is InChI=1S/C15H15F2NO2S/c1-15(2,3)18(14(20)12(16)17)13(19)10-8-21-11-7-5-4-6-9(10)11/h4-8,12H,1-3H3. The largest absolute Gasteiger partial charge is 0.316 e. The summed E-state index contributed by atoms with van der Waals surface area (Å²) >= 11 is 1.34. The summed E-state index contributed by atoms with van der Waals surface area (Å²) in [4.78, 5) is 25.0. The fraction of sp³-hybridized carbons (Fsp3) is 0.333. The summed E-state index contributed by atoms with van der Waals surface area (Å²) in [7, 11) is 0. The summed E-state index contributed by atoms with van der Waals surface area (Å²) in [6.07, 6.45) is -3.21. The highest BCUT2D eigenvalue weighted by molar-refractivity contribution is 7.17. The Morgan fingerprint density at radius 3 is 2.38 bits per heavy atom. The smallest absolute Gasteiger partial charge is 0.269 e. The summed E-state index contributed by atoms with van der Waals surface area (Å²) in [5.74, 6) is -2.16. The molecule has 2 rings (SSSR count). The molecule has 0 saturated heterocycles. The van der Waals surface area contributed by atoms with Crippen molar-refractivity contribution in [3.05, 3.63) is 35.2 Å². The Kier molecular flexibility index (Phi) is 4.09. The van der Waals surface area contributed by atoms with E-state index in [1.807, 2.05) is 12.1 Å². The second kappa shape index (κ2) is 5.52. The molecule has 0 bridgehead atoms. The summed E-state index contributed by atoms with van der Waals surface area (Å²) < 4.78 is 26.4. The number of rotatable bonds is 2. The lowest BCUT2D eigenvalue weighted by Crippen LogP contribution is -2.51. The van der Waals surface area contributed by atoms with Gasteiger partial charge in [-0.1, -0.05) is 18.2 Å². The lowest BCUT2D eigenvalue weighted by Gasteiger charge is -2.33. The fourth-order valence-electron chi connectivity index (χ4n) is 2.10. The van der Waals surface area contributed by atoms with Gasteiger partial charge in [-0.25, -0.2) is 0 Å². The number of imide groups is 1. The molecule has 6 heteroatoms. The molecule has 0 fully saturated rings. The number of carbonyl (C=O) groups excluding carboxylic acids is 2. The lowest BCUT2D eigenvalue weighted by molar-refractivity contribution is -0.143. The normalized spacial score (nSPS) is 11.9. The van der Waals surface area contributed by atoms with Crippen LogP contribution < -0.4 is 0 Å². The van der Waals surface area contributed by atoms with Crippen molar-refractivity contribution in [2.45, 2.75) is 32.7 Å². The van der Waals surface area contributed by atoms with Crippen LogP contribution >= 0.6 is 11.3 Å². The molecule has 1 heterocycles. The van der Waals surface area contributed by atoms with Gasteiger partial charge in [-0.2, -0.15) is 8.78 Å². The number of hydrogen-bond donors (Lipinski definition) is 0. The first-order valence-corrected chi connectivity index (χ1v) is 7.24. The van der Waals surface area contributed by atoms with Gasteiger partial charge in [0.25, 0.3) is 11.8 Å². The molecule has 0 aliphatic heterocycles. The molecule has 3 nitrogen and oxygen atoms in total. The number of fused-ring (bicyclic) bond motifs is 1. The van der Waals surface area contributed by atoms with Crippen molar-refractivity contribution in [3.8, 4) is 0 Å². The van der Waals surface area contributed by atoms with Gasteiger partial charge < -0.3 is 0 Å². The first-order chi connectivity index (χ1) is 9.73. The maximum absolute atomic E-state index is 12.8. The summed E-state index contributed by atoms with van der Waals surface area (Å²) in [5.41, 5.74) is -0.743. The summed E-state index contributed by atoms with van der Waals surface area (Å²) in [6.45, 7) is 4.67. The number of halogens is 2. The molecular formula is C15H15F2NO2S. The molecule has 0 radical (unpaired) electrons. The van der Waals surface area contributed by atoms with E-state index < -0.39 is 23.8 Å². The van der Waals surface area contributed by atoms with Crippen LogP contribution in [0.2, 0.25) is 0 Å². The van der Waals surface area contributed by atoms with Crippen molar-refractivity contribution < 1.29 is 18.4 Å². The van der Waals surface area contributed by atoms with Gasteiger partial charge in [-0.05, 0) is 26.8 Å². The average molecular weight is 311 g/mol. The van der Waals surface area contributed by atoms with Crippen molar-refractivity contribution in [1.82, 2.24) is 4.90 Å². The molecule has 0 unspecified atom stereocenters. The maximum Gasteiger partial charge on any atom is 0.316 e. The highest BCUT2D eigenvalue weighted by atomic mass is 32.1. The Hall–Kier alpha value is -1.82. The Morgan fingerprint density at radius 2 is 1.81 bits per heavy atom. The Balaban J connectivity index is 2.51. The van der Waals surface area contributed by atoms with Crippen molar-refractivity contribution in [2.75, 3.05) is 0 Å². The Labute approximate surface area is 125 Å². The summed E-state index contributed by atoms with van der Waals surface area (Å²) in [6, 6.07) is 7.18. The van der Waals surface area contributed by atoms with Crippen LogP contribution in [0, 0.1) is 0 Å². The SMILES string of the molecule is CC(C)(C)N(C(=O)c1csc2ccccc12)C(=O)C(F)F. The molecule has 2 aromatic rings. The highest BCUT2D eigenvalue weighted by Gasteiger charge is 2.38. The third-order valence-corrected chi connectivity index (χ3v) is 3.96. The average Bonchev–Trinajstić information content (AvgIpc) is 2.80. The maximum atomic E-state index is 12.8. The zero-order chi connectivity index (χ0) is 15.8. The van der Waals surface area contributed by atoms with Gasteiger partial charge in [-0.15, -0.1) is 11.3 Å². The minimum Gasteiger partial charge on any atom is -0.269 e. The number of thiophene rings is 1. The lowest BCUT2D eigenvalue weighted by atomic mass is 10.0. The predicted octanol–water partition coefficient (Wildman–Crippen LogP) is 3.93. The van der Waals surface area contributed by atoms with Gasteiger partial charge >= 0.3 is 6.43 Å². The molecule has 1 aromatic heterocycles. The van der Waals surface area contributed by atoms with Gasteiger partial charge in [0.1, 0.15) is 0 Å². The molecule has 0 aliphatic rings. The number of amides is 2. The highest BCUT2D eigenvalue weighted by Crippen LogP contribution is 2.29. The van der Waals surface area contributed by atoms with Crippen LogP contribution in [0.25, 0.3) is 10.1 Å². The van der Waals surface area contributed by atoms with E-state index in [9.17, 15) is 18.4 Å². The molecule has 0 aliphatic carbocycles. The van der Waals surface area contributed by atoms with Crippen LogP contribution in [0.4, 0.5) is 8.78 Å². The zero-order valence-electron chi connectivity index (χ0n) is 11.9. The Morgan fingerprint density at radius 1 is 1.19 bits per heavy atom. The van der Waals surface area contributed by atoms with Crippen LogP contribution in [-0.4, -0.2) is 28.7 Å². The predicted molar refractivity (Wildman–Crippen MR) is 78.8 cm³/mol. The van der Waals surface area contributed by atoms with E-state index in [1.165, 1.54) is 11.3 Å². The van der Waals surface area contributed by atoms with Crippen LogP contribution in [0.15, 0.2) is 29.6 Å². The number of hydrogen-bond acceptors (Lipinski definition) is 3. The third-order valence-electron chi connectivity index (χ3n) is 2.99. The topological polar surface area (TPSA) is 37.4 Å². The van der Waals surface area contributed by atoms with Crippen molar-refractivity contribution in [3.63, 3.8) is 0 Å².